The van der Waals surface area contributed by atoms with Gasteiger partial charge in [-0.05, 0) is 55.7 Å². The maximum atomic E-state index is 14.4. The van der Waals surface area contributed by atoms with E-state index in [0.29, 0.717) is 22.6 Å². The zero-order chi connectivity index (χ0) is 26.6. The second kappa shape index (κ2) is 9.16. The van der Waals surface area contributed by atoms with Gasteiger partial charge in [0.25, 0.3) is 5.69 Å². The summed E-state index contributed by atoms with van der Waals surface area (Å²) in [6, 6.07) is 9.17. The summed E-state index contributed by atoms with van der Waals surface area (Å²) in [5.74, 6) is -2.08. The normalized spacial score (nSPS) is 22.5. The molecule has 3 fully saturated rings. The van der Waals surface area contributed by atoms with Gasteiger partial charge >= 0.3 is 5.97 Å². The third kappa shape index (κ3) is 4.13. The number of hydrogen-bond donors (Lipinski definition) is 3. The van der Waals surface area contributed by atoms with Gasteiger partial charge in [-0.25, -0.2) is 18.7 Å². The predicted octanol–water partition coefficient (Wildman–Crippen LogP) is 5.78. The number of anilines is 1. The van der Waals surface area contributed by atoms with Crippen LogP contribution >= 0.6 is 0 Å². The number of aromatic nitrogens is 3. The number of nitro benzene ring substituents is 1. The van der Waals surface area contributed by atoms with Crippen LogP contribution in [0.25, 0.3) is 33.5 Å². The number of H-pyrrole nitrogens is 1. The van der Waals surface area contributed by atoms with E-state index in [1.807, 2.05) is 0 Å². The largest absolute Gasteiger partial charge is 0.481 e. The number of benzene rings is 2. The number of rotatable bonds is 6. The summed E-state index contributed by atoms with van der Waals surface area (Å²) in [4.78, 5) is 34.9. The van der Waals surface area contributed by atoms with Crippen molar-refractivity contribution >= 4 is 28.4 Å². The Labute approximate surface area is 215 Å². The standard InChI is InChI=1S/C27H23F2N5O4/c28-16-9-18-19(12-30-25(18)20(29)10-16)26-31-21(13-5-7-17(8-6-13)34(37)38)11-22(33-26)32-24-15-3-1-14(2-4-15)23(24)27(35)36/h5-12,14-15,23-24,30H,1-4H2,(H,35,36)(H,31,32,33)/t14?,15?,23-,24-/m0/s1. The molecule has 3 aliphatic carbocycles. The van der Waals surface area contributed by atoms with Crippen LogP contribution in [0.4, 0.5) is 20.3 Å². The van der Waals surface area contributed by atoms with E-state index >= 15 is 0 Å². The molecule has 2 atom stereocenters. The van der Waals surface area contributed by atoms with Crippen molar-refractivity contribution in [1.82, 2.24) is 15.0 Å². The van der Waals surface area contributed by atoms with Gasteiger partial charge in [-0.2, -0.15) is 0 Å². The Morgan fingerprint density at radius 3 is 2.45 bits per heavy atom. The number of nitro groups is 1. The summed E-state index contributed by atoms with van der Waals surface area (Å²) in [6.07, 6.45) is 5.12. The van der Waals surface area contributed by atoms with Gasteiger partial charge in [0.1, 0.15) is 17.5 Å². The quantitative estimate of drug-likeness (QED) is 0.217. The van der Waals surface area contributed by atoms with Crippen molar-refractivity contribution < 1.29 is 23.6 Å². The molecule has 0 unspecified atom stereocenters. The number of fused-ring (bicyclic) bond motifs is 4. The number of nitrogens with one attached hydrogen (secondary N) is 2. The molecule has 194 valence electrons. The van der Waals surface area contributed by atoms with Gasteiger partial charge in [0.05, 0.1) is 22.1 Å². The van der Waals surface area contributed by atoms with E-state index in [-0.39, 0.29) is 40.3 Å². The van der Waals surface area contributed by atoms with Gasteiger partial charge in [0.2, 0.25) is 0 Å². The molecule has 3 saturated carbocycles. The summed E-state index contributed by atoms with van der Waals surface area (Å²) >= 11 is 0. The van der Waals surface area contributed by atoms with Crippen LogP contribution in [-0.2, 0) is 4.79 Å². The fourth-order valence-electron chi connectivity index (χ4n) is 6.07. The Bertz CT molecular complexity index is 1560. The van der Waals surface area contributed by atoms with Gasteiger partial charge in [-0.3, -0.25) is 14.9 Å². The van der Waals surface area contributed by atoms with Crippen molar-refractivity contribution in [1.29, 1.82) is 0 Å². The number of aromatic amines is 1. The van der Waals surface area contributed by atoms with E-state index in [1.54, 1.807) is 18.2 Å². The molecule has 0 saturated heterocycles. The van der Waals surface area contributed by atoms with Crippen LogP contribution in [0, 0.1) is 39.5 Å². The number of carboxylic acids is 1. The van der Waals surface area contributed by atoms with Crippen molar-refractivity contribution in [2.45, 2.75) is 31.7 Å². The Hall–Kier alpha value is -4.41. The Morgan fingerprint density at radius 1 is 1.05 bits per heavy atom. The molecule has 2 heterocycles. The predicted molar refractivity (Wildman–Crippen MR) is 135 cm³/mol. The molecule has 38 heavy (non-hydrogen) atoms. The molecule has 0 spiro atoms. The highest BCUT2D eigenvalue weighted by Crippen LogP contribution is 2.46. The first-order valence-corrected chi connectivity index (χ1v) is 12.4. The third-order valence-corrected chi connectivity index (χ3v) is 7.87. The monoisotopic (exact) mass is 519 g/mol. The van der Waals surface area contributed by atoms with Gasteiger partial charge in [-0.15, -0.1) is 0 Å². The second-order valence-electron chi connectivity index (χ2n) is 9.99. The molecular formula is C27H23F2N5O4. The smallest absolute Gasteiger partial charge is 0.308 e. The molecule has 2 aromatic heterocycles. The molecular weight excluding hydrogens is 496 g/mol. The lowest BCUT2D eigenvalue weighted by atomic mass is 9.61. The zero-order valence-corrected chi connectivity index (χ0v) is 20.0. The van der Waals surface area contributed by atoms with Crippen molar-refractivity contribution in [2.24, 2.45) is 17.8 Å². The minimum atomic E-state index is -0.843. The molecule has 0 aliphatic heterocycles. The molecule has 3 N–H and O–H groups in total. The van der Waals surface area contributed by atoms with Crippen LogP contribution in [0.15, 0.2) is 48.7 Å². The highest BCUT2D eigenvalue weighted by molar-refractivity contribution is 5.94. The molecule has 3 aliphatic rings. The van der Waals surface area contributed by atoms with Crippen molar-refractivity contribution in [3.8, 4) is 22.6 Å². The van der Waals surface area contributed by atoms with E-state index in [0.717, 1.165) is 31.7 Å². The summed E-state index contributed by atoms with van der Waals surface area (Å²) < 4.78 is 28.5. The average Bonchev–Trinajstić information content (AvgIpc) is 3.33. The first-order chi connectivity index (χ1) is 18.3. The van der Waals surface area contributed by atoms with Gasteiger partial charge in [0, 0.05) is 53.0 Å². The fraction of sp³-hybridized carbons (Fsp3) is 0.296. The first-order valence-electron chi connectivity index (χ1n) is 12.4. The van der Waals surface area contributed by atoms with Crippen LogP contribution in [0.3, 0.4) is 0 Å². The van der Waals surface area contributed by atoms with Crippen molar-refractivity contribution in [3.63, 3.8) is 0 Å². The fourth-order valence-corrected chi connectivity index (χ4v) is 6.07. The molecule has 0 radical (unpaired) electrons. The highest BCUT2D eigenvalue weighted by atomic mass is 19.1. The van der Waals surface area contributed by atoms with Crippen molar-refractivity contribution in [3.05, 3.63) is 70.4 Å². The number of carboxylic acid groups (broad SMARTS) is 1. The molecule has 2 bridgehead atoms. The SMILES string of the molecule is O=C(O)[C@H]1C2CCC(CC2)[C@@H]1Nc1cc(-c2ccc([N+](=O)[O-])cc2)nc(-c2c[nH]c3c(F)cc(F)cc23)n1. The van der Waals surface area contributed by atoms with E-state index in [1.165, 1.54) is 24.4 Å². The van der Waals surface area contributed by atoms with Gasteiger partial charge < -0.3 is 15.4 Å². The van der Waals surface area contributed by atoms with Gasteiger partial charge in [-0.1, -0.05) is 0 Å². The van der Waals surface area contributed by atoms with Crippen LogP contribution < -0.4 is 5.32 Å². The maximum absolute atomic E-state index is 14.4. The molecule has 4 aromatic rings. The van der Waals surface area contributed by atoms with E-state index in [2.05, 4.69) is 20.3 Å². The summed E-state index contributed by atoms with van der Waals surface area (Å²) in [7, 11) is 0. The van der Waals surface area contributed by atoms with E-state index < -0.39 is 28.4 Å². The van der Waals surface area contributed by atoms with Crippen LogP contribution in [0.1, 0.15) is 25.7 Å². The lowest BCUT2D eigenvalue weighted by Crippen LogP contribution is -2.51. The zero-order valence-electron chi connectivity index (χ0n) is 20.0. The number of aliphatic carboxylic acids is 1. The second-order valence-corrected chi connectivity index (χ2v) is 9.99. The lowest BCUT2D eigenvalue weighted by molar-refractivity contribution is -0.384. The van der Waals surface area contributed by atoms with E-state index in [4.69, 9.17) is 0 Å². The summed E-state index contributed by atoms with van der Waals surface area (Å²) in [5, 5.41) is 24.7. The van der Waals surface area contributed by atoms with E-state index in [9.17, 15) is 28.8 Å². The maximum Gasteiger partial charge on any atom is 0.308 e. The topological polar surface area (TPSA) is 134 Å². The van der Waals surface area contributed by atoms with Crippen LogP contribution in [0.2, 0.25) is 0 Å². The minimum absolute atomic E-state index is 0.0773. The number of halogens is 2. The van der Waals surface area contributed by atoms with Crippen LogP contribution in [-0.4, -0.2) is 37.0 Å². The Morgan fingerprint density at radius 2 is 1.76 bits per heavy atom. The number of hydrogen-bond acceptors (Lipinski definition) is 6. The highest BCUT2D eigenvalue weighted by Gasteiger charge is 2.47. The summed E-state index contributed by atoms with van der Waals surface area (Å²) in [5.41, 5.74) is 1.39. The first kappa shape index (κ1) is 24.0. The number of carbonyl (C=O) groups is 1. The lowest BCUT2D eigenvalue weighted by Gasteiger charge is -2.47. The Balaban J connectivity index is 1.47. The molecule has 11 heteroatoms. The molecule has 2 aromatic carbocycles. The van der Waals surface area contributed by atoms with Crippen molar-refractivity contribution in [2.75, 3.05) is 5.32 Å². The molecule has 7 rings (SSSR count). The third-order valence-electron chi connectivity index (χ3n) is 7.87. The number of nitrogens with zero attached hydrogens (tertiary/aromatic N) is 3. The number of non-ortho nitro benzene ring substituents is 1. The Kier molecular flexibility index (Phi) is 5.77. The molecule has 9 nitrogen and oxygen atoms in total. The minimum Gasteiger partial charge on any atom is -0.481 e. The molecule has 0 amide bonds. The van der Waals surface area contributed by atoms with Gasteiger partial charge in [0.15, 0.2) is 5.82 Å². The van der Waals surface area contributed by atoms with Crippen LogP contribution in [0.5, 0.6) is 0 Å². The average molecular weight is 520 g/mol. The summed E-state index contributed by atoms with van der Waals surface area (Å²) in [6.45, 7) is 0.